The van der Waals surface area contributed by atoms with Crippen LogP contribution in [0, 0.1) is 0 Å². The summed E-state index contributed by atoms with van der Waals surface area (Å²) in [5.74, 6) is -0.844. The van der Waals surface area contributed by atoms with Crippen LogP contribution >= 0.6 is 0 Å². The lowest BCUT2D eigenvalue weighted by atomic mass is 10.1. The third-order valence-electron chi connectivity index (χ3n) is 3.63. The number of carbonyl (C=O) groups is 2. The standard InChI is InChI=1S/C18H15N3O3/c22-17(21-24)13-7-5-12(6-8-13)10-20-18(23)16-9-14-3-1-2-4-15(14)11-19-16/h1-9,11,24H,10H2,(H,20,23)(H,21,22). The first kappa shape index (κ1) is 15.6. The summed E-state index contributed by atoms with van der Waals surface area (Å²) in [6.07, 6.45) is 1.67. The predicted octanol–water partition coefficient (Wildman–Crippen LogP) is 2.28. The number of fused-ring (bicyclic) bond motifs is 1. The average Bonchev–Trinajstić information content (AvgIpc) is 2.65. The van der Waals surface area contributed by atoms with Crippen LogP contribution in [0.4, 0.5) is 0 Å². The van der Waals surface area contributed by atoms with E-state index in [-0.39, 0.29) is 5.91 Å². The summed E-state index contributed by atoms with van der Waals surface area (Å²) in [7, 11) is 0. The molecule has 1 heterocycles. The number of amides is 2. The molecular weight excluding hydrogens is 306 g/mol. The highest BCUT2D eigenvalue weighted by molar-refractivity contribution is 5.96. The molecule has 0 aliphatic heterocycles. The van der Waals surface area contributed by atoms with Gasteiger partial charge >= 0.3 is 0 Å². The molecule has 6 heteroatoms. The fourth-order valence-corrected chi connectivity index (χ4v) is 2.32. The number of hydroxylamine groups is 1. The third kappa shape index (κ3) is 3.39. The van der Waals surface area contributed by atoms with E-state index in [0.717, 1.165) is 16.3 Å². The van der Waals surface area contributed by atoms with E-state index in [1.165, 1.54) is 0 Å². The monoisotopic (exact) mass is 321 g/mol. The minimum atomic E-state index is -0.578. The van der Waals surface area contributed by atoms with Crippen molar-refractivity contribution in [2.24, 2.45) is 0 Å². The Morgan fingerprint density at radius 3 is 2.38 bits per heavy atom. The van der Waals surface area contributed by atoms with Gasteiger partial charge in [0.2, 0.25) is 0 Å². The molecule has 0 fully saturated rings. The van der Waals surface area contributed by atoms with E-state index in [0.29, 0.717) is 17.8 Å². The fourth-order valence-electron chi connectivity index (χ4n) is 2.32. The van der Waals surface area contributed by atoms with Gasteiger partial charge in [0.1, 0.15) is 5.69 Å². The highest BCUT2D eigenvalue weighted by Gasteiger charge is 2.08. The highest BCUT2D eigenvalue weighted by atomic mass is 16.5. The Balaban J connectivity index is 1.67. The second-order valence-electron chi connectivity index (χ2n) is 5.24. The molecule has 0 radical (unpaired) electrons. The maximum Gasteiger partial charge on any atom is 0.274 e. The van der Waals surface area contributed by atoms with Gasteiger partial charge in [0, 0.05) is 23.7 Å². The fraction of sp³-hybridized carbons (Fsp3) is 0.0556. The maximum atomic E-state index is 12.2. The van der Waals surface area contributed by atoms with E-state index in [1.54, 1.807) is 42.0 Å². The molecule has 3 N–H and O–H groups in total. The molecule has 3 rings (SSSR count). The van der Waals surface area contributed by atoms with E-state index in [4.69, 9.17) is 5.21 Å². The van der Waals surface area contributed by atoms with Crippen molar-refractivity contribution in [2.45, 2.75) is 6.54 Å². The number of rotatable bonds is 4. The summed E-state index contributed by atoms with van der Waals surface area (Å²) in [5.41, 5.74) is 3.09. The normalized spacial score (nSPS) is 10.4. The quantitative estimate of drug-likeness (QED) is 0.508. The highest BCUT2D eigenvalue weighted by Crippen LogP contribution is 2.13. The van der Waals surface area contributed by atoms with Crippen molar-refractivity contribution >= 4 is 22.6 Å². The second kappa shape index (κ2) is 6.89. The average molecular weight is 321 g/mol. The molecule has 0 saturated heterocycles. The van der Waals surface area contributed by atoms with E-state index in [2.05, 4.69) is 10.3 Å². The lowest BCUT2D eigenvalue weighted by Gasteiger charge is -2.06. The molecule has 0 aliphatic rings. The molecular formula is C18H15N3O3. The van der Waals surface area contributed by atoms with Gasteiger partial charge in [0.05, 0.1) is 0 Å². The summed E-state index contributed by atoms with van der Waals surface area (Å²) in [4.78, 5) is 27.6. The molecule has 2 aromatic carbocycles. The number of carbonyl (C=O) groups excluding carboxylic acids is 2. The van der Waals surface area contributed by atoms with Gasteiger partial charge in [0.15, 0.2) is 0 Å². The summed E-state index contributed by atoms with van der Waals surface area (Å²) in [6, 6.07) is 16.0. The van der Waals surface area contributed by atoms with Gasteiger partial charge in [-0.05, 0) is 29.1 Å². The number of benzene rings is 2. The van der Waals surface area contributed by atoms with Crippen LogP contribution in [0.2, 0.25) is 0 Å². The first-order chi connectivity index (χ1) is 11.7. The van der Waals surface area contributed by atoms with E-state index in [1.807, 2.05) is 24.3 Å². The van der Waals surface area contributed by atoms with E-state index in [9.17, 15) is 9.59 Å². The summed E-state index contributed by atoms with van der Waals surface area (Å²) in [6.45, 7) is 0.314. The van der Waals surface area contributed by atoms with Gasteiger partial charge < -0.3 is 5.32 Å². The van der Waals surface area contributed by atoms with E-state index < -0.39 is 5.91 Å². The minimum absolute atomic E-state index is 0.266. The summed E-state index contributed by atoms with van der Waals surface area (Å²) >= 11 is 0. The number of pyridine rings is 1. The number of hydrogen-bond donors (Lipinski definition) is 3. The topological polar surface area (TPSA) is 91.3 Å². The van der Waals surface area contributed by atoms with Gasteiger partial charge in [-0.25, -0.2) is 5.48 Å². The Labute approximate surface area is 138 Å². The zero-order valence-corrected chi connectivity index (χ0v) is 12.7. The zero-order chi connectivity index (χ0) is 16.9. The Hall–Kier alpha value is -3.25. The molecule has 0 unspecified atom stereocenters. The van der Waals surface area contributed by atoms with Gasteiger partial charge in [-0.1, -0.05) is 36.4 Å². The Morgan fingerprint density at radius 2 is 1.67 bits per heavy atom. The van der Waals surface area contributed by atoms with Crippen molar-refractivity contribution in [1.29, 1.82) is 0 Å². The smallest absolute Gasteiger partial charge is 0.274 e. The van der Waals surface area contributed by atoms with Gasteiger partial charge in [0.25, 0.3) is 11.8 Å². The van der Waals surface area contributed by atoms with Gasteiger partial charge in [-0.3, -0.25) is 19.8 Å². The van der Waals surface area contributed by atoms with Crippen molar-refractivity contribution in [3.05, 3.63) is 77.6 Å². The number of nitrogens with zero attached hydrogens (tertiary/aromatic N) is 1. The molecule has 6 nitrogen and oxygen atoms in total. The van der Waals surface area contributed by atoms with Crippen LogP contribution in [0.1, 0.15) is 26.4 Å². The number of nitrogens with one attached hydrogen (secondary N) is 2. The predicted molar refractivity (Wildman–Crippen MR) is 88.6 cm³/mol. The minimum Gasteiger partial charge on any atom is -0.347 e. The lowest BCUT2D eigenvalue weighted by molar-refractivity contribution is 0.0706. The van der Waals surface area contributed by atoms with Gasteiger partial charge in [-0.15, -0.1) is 0 Å². The summed E-state index contributed by atoms with van der Waals surface area (Å²) < 4.78 is 0. The van der Waals surface area contributed by atoms with Crippen LogP contribution in [-0.4, -0.2) is 22.0 Å². The number of hydrogen-bond acceptors (Lipinski definition) is 4. The Kier molecular flexibility index (Phi) is 4.49. The summed E-state index contributed by atoms with van der Waals surface area (Å²) in [5, 5.41) is 13.3. The second-order valence-corrected chi connectivity index (χ2v) is 5.24. The lowest BCUT2D eigenvalue weighted by Crippen LogP contribution is -2.24. The molecule has 0 spiro atoms. The van der Waals surface area contributed by atoms with Crippen molar-refractivity contribution in [3.63, 3.8) is 0 Å². The van der Waals surface area contributed by atoms with Crippen molar-refractivity contribution in [3.8, 4) is 0 Å². The largest absolute Gasteiger partial charge is 0.347 e. The van der Waals surface area contributed by atoms with Crippen molar-refractivity contribution in [1.82, 2.24) is 15.8 Å². The van der Waals surface area contributed by atoms with Crippen LogP contribution in [0.25, 0.3) is 10.8 Å². The number of aromatic nitrogens is 1. The van der Waals surface area contributed by atoms with Crippen LogP contribution < -0.4 is 10.8 Å². The van der Waals surface area contributed by atoms with Crippen molar-refractivity contribution in [2.75, 3.05) is 0 Å². The Bertz CT molecular complexity index is 891. The molecule has 3 aromatic rings. The third-order valence-corrected chi connectivity index (χ3v) is 3.63. The first-order valence-corrected chi connectivity index (χ1v) is 7.34. The maximum absolute atomic E-state index is 12.2. The zero-order valence-electron chi connectivity index (χ0n) is 12.7. The van der Waals surface area contributed by atoms with Crippen LogP contribution in [0.5, 0.6) is 0 Å². The van der Waals surface area contributed by atoms with Crippen LogP contribution in [0.15, 0.2) is 60.8 Å². The van der Waals surface area contributed by atoms with Crippen LogP contribution in [-0.2, 0) is 6.54 Å². The molecule has 0 aliphatic carbocycles. The molecule has 0 atom stereocenters. The Morgan fingerprint density at radius 1 is 0.958 bits per heavy atom. The first-order valence-electron chi connectivity index (χ1n) is 7.34. The molecule has 24 heavy (non-hydrogen) atoms. The van der Waals surface area contributed by atoms with Crippen molar-refractivity contribution < 1.29 is 14.8 Å². The van der Waals surface area contributed by atoms with Crippen LogP contribution in [0.3, 0.4) is 0 Å². The molecule has 0 bridgehead atoms. The molecule has 1 aromatic heterocycles. The molecule has 120 valence electrons. The van der Waals surface area contributed by atoms with Gasteiger partial charge in [-0.2, -0.15) is 0 Å². The molecule has 2 amide bonds. The van der Waals surface area contributed by atoms with E-state index >= 15 is 0 Å². The SMILES string of the molecule is O=C(NO)c1ccc(CNC(=O)c2cc3ccccc3cn2)cc1. The molecule has 0 saturated carbocycles.